The number of anilines is 1. The van der Waals surface area contributed by atoms with Crippen molar-refractivity contribution >= 4 is 17.7 Å². The zero-order valence-electron chi connectivity index (χ0n) is 14.4. The molecule has 26 heavy (non-hydrogen) atoms. The Bertz CT molecular complexity index is 870. The number of hydrogen-bond donors (Lipinski definition) is 1. The first-order chi connectivity index (χ1) is 12.3. The van der Waals surface area contributed by atoms with Crippen LogP contribution in [0.3, 0.4) is 0 Å². The molecule has 1 atom stereocenters. The maximum absolute atomic E-state index is 13.2. The Morgan fingerprint density at radius 3 is 2.62 bits per heavy atom. The molecule has 0 spiro atoms. The number of carbonyl (C=O) groups is 2. The van der Waals surface area contributed by atoms with Crippen LogP contribution in [-0.2, 0) is 4.74 Å². The molecule has 136 valence electrons. The van der Waals surface area contributed by atoms with E-state index in [9.17, 15) is 18.4 Å². The van der Waals surface area contributed by atoms with Crippen molar-refractivity contribution < 1.29 is 23.1 Å². The molecule has 5 nitrogen and oxygen atoms in total. The highest BCUT2D eigenvalue weighted by atomic mass is 19.2. The Morgan fingerprint density at radius 2 is 1.92 bits per heavy atom. The van der Waals surface area contributed by atoms with Crippen molar-refractivity contribution in [3.8, 4) is 0 Å². The van der Waals surface area contributed by atoms with Crippen molar-refractivity contribution in [3.63, 3.8) is 0 Å². The molecular weight excluding hydrogens is 342 g/mol. The van der Waals surface area contributed by atoms with Gasteiger partial charge in [0.15, 0.2) is 11.6 Å². The largest absolute Gasteiger partial charge is 0.442 e. The molecule has 1 heterocycles. The van der Waals surface area contributed by atoms with E-state index in [0.717, 1.165) is 28.9 Å². The molecule has 0 aromatic heterocycles. The van der Waals surface area contributed by atoms with E-state index in [1.165, 1.54) is 11.0 Å². The molecule has 0 radical (unpaired) electrons. The van der Waals surface area contributed by atoms with Gasteiger partial charge in [-0.2, -0.15) is 0 Å². The molecule has 0 aliphatic carbocycles. The smallest absolute Gasteiger partial charge is 0.414 e. The minimum atomic E-state index is -1.09. The summed E-state index contributed by atoms with van der Waals surface area (Å²) in [4.78, 5) is 25.6. The number of nitrogens with one attached hydrogen (secondary N) is 1. The predicted molar refractivity (Wildman–Crippen MR) is 92.2 cm³/mol. The van der Waals surface area contributed by atoms with Gasteiger partial charge in [0.25, 0.3) is 5.91 Å². The van der Waals surface area contributed by atoms with E-state index >= 15 is 0 Å². The molecule has 1 saturated heterocycles. The number of benzene rings is 2. The van der Waals surface area contributed by atoms with Crippen molar-refractivity contribution in [3.05, 3.63) is 64.7 Å². The van der Waals surface area contributed by atoms with Gasteiger partial charge in [0.2, 0.25) is 0 Å². The van der Waals surface area contributed by atoms with Crippen LogP contribution in [0.1, 0.15) is 21.5 Å². The molecule has 2 amide bonds. The lowest BCUT2D eigenvalue weighted by atomic mass is 10.1. The van der Waals surface area contributed by atoms with Crippen LogP contribution in [0.15, 0.2) is 36.4 Å². The van der Waals surface area contributed by atoms with Crippen LogP contribution < -0.4 is 10.2 Å². The van der Waals surface area contributed by atoms with Gasteiger partial charge in [-0.25, -0.2) is 13.6 Å². The first-order valence-electron chi connectivity index (χ1n) is 8.14. The summed E-state index contributed by atoms with van der Waals surface area (Å²) in [5.74, 6) is -2.68. The van der Waals surface area contributed by atoms with Gasteiger partial charge in [0, 0.05) is 11.3 Å². The van der Waals surface area contributed by atoms with Crippen LogP contribution in [-0.4, -0.2) is 31.2 Å². The third-order valence-corrected chi connectivity index (χ3v) is 4.35. The van der Waals surface area contributed by atoms with Crippen molar-refractivity contribution in [1.29, 1.82) is 0 Å². The van der Waals surface area contributed by atoms with Gasteiger partial charge in [-0.05, 0) is 55.3 Å². The summed E-state index contributed by atoms with van der Waals surface area (Å²) < 4.78 is 31.4. The van der Waals surface area contributed by atoms with E-state index in [2.05, 4.69) is 5.32 Å². The van der Waals surface area contributed by atoms with Gasteiger partial charge < -0.3 is 10.1 Å². The minimum Gasteiger partial charge on any atom is -0.442 e. The molecule has 3 rings (SSSR count). The zero-order valence-corrected chi connectivity index (χ0v) is 14.4. The minimum absolute atomic E-state index is 0.000705. The molecule has 1 N–H and O–H groups in total. The SMILES string of the molecule is Cc1ccc(N2CC(CNC(=O)c3ccc(F)c(F)c3)OC2=O)cc1C. The van der Waals surface area contributed by atoms with E-state index < -0.39 is 29.7 Å². The summed E-state index contributed by atoms with van der Waals surface area (Å²) in [7, 11) is 0. The Kier molecular flexibility index (Phi) is 4.88. The molecule has 1 fully saturated rings. The lowest BCUT2D eigenvalue weighted by Crippen LogP contribution is -2.34. The van der Waals surface area contributed by atoms with Gasteiger partial charge in [0.05, 0.1) is 13.1 Å². The molecule has 2 aromatic carbocycles. The highest BCUT2D eigenvalue weighted by Gasteiger charge is 2.32. The van der Waals surface area contributed by atoms with E-state index in [-0.39, 0.29) is 12.1 Å². The average Bonchev–Trinajstić information content (AvgIpc) is 2.98. The second kappa shape index (κ2) is 7.11. The maximum atomic E-state index is 13.2. The molecule has 1 unspecified atom stereocenters. The number of aryl methyl sites for hydroxylation is 2. The number of hydrogen-bond acceptors (Lipinski definition) is 3. The summed E-state index contributed by atoms with van der Waals surface area (Å²) in [5.41, 5.74) is 2.91. The number of cyclic esters (lactones) is 1. The van der Waals surface area contributed by atoms with E-state index in [1.807, 2.05) is 32.0 Å². The zero-order chi connectivity index (χ0) is 18.8. The first-order valence-corrected chi connectivity index (χ1v) is 8.14. The lowest BCUT2D eigenvalue weighted by molar-refractivity contribution is 0.0915. The number of halogens is 2. The quantitative estimate of drug-likeness (QED) is 0.910. The molecule has 7 heteroatoms. The van der Waals surface area contributed by atoms with Crippen molar-refractivity contribution in [2.75, 3.05) is 18.0 Å². The fourth-order valence-electron chi connectivity index (χ4n) is 2.68. The first kappa shape index (κ1) is 17.8. The maximum Gasteiger partial charge on any atom is 0.414 e. The van der Waals surface area contributed by atoms with E-state index in [4.69, 9.17) is 4.74 Å². The Labute approximate surface area is 149 Å². The third kappa shape index (κ3) is 3.66. The lowest BCUT2D eigenvalue weighted by Gasteiger charge is -2.14. The van der Waals surface area contributed by atoms with Crippen LogP contribution in [0.25, 0.3) is 0 Å². The number of rotatable bonds is 4. The fourth-order valence-corrected chi connectivity index (χ4v) is 2.68. The second-order valence-electron chi connectivity index (χ2n) is 6.22. The number of carbonyl (C=O) groups excluding carboxylic acids is 2. The second-order valence-corrected chi connectivity index (χ2v) is 6.22. The van der Waals surface area contributed by atoms with Crippen LogP contribution in [0.5, 0.6) is 0 Å². The number of amides is 2. The Balaban J connectivity index is 1.61. The summed E-state index contributed by atoms with van der Waals surface area (Å²) in [6.07, 6.45) is -1.02. The van der Waals surface area contributed by atoms with Gasteiger partial charge in [-0.3, -0.25) is 9.69 Å². The molecule has 1 aliphatic rings. The Morgan fingerprint density at radius 1 is 1.15 bits per heavy atom. The molecule has 0 bridgehead atoms. The summed E-state index contributed by atoms with van der Waals surface area (Å²) >= 11 is 0. The average molecular weight is 360 g/mol. The van der Waals surface area contributed by atoms with Crippen LogP contribution in [0.4, 0.5) is 19.3 Å². The molecular formula is C19H18F2N2O3. The Hall–Kier alpha value is -2.96. The molecule has 0 saturated carbocycles. The standard InChI is InChI=1S/C19H18F2N2O3/c1-11-3-5-14(7-12(11)2)23-10-15(26-19(23)25)9-22-18(24)13-4-6-16(20)17(21)8-13/h3-8,15H,9-10H2,1-2H3,(H,22,24). The summed E-state index contributed by atoms with van der Waals surface area (Å²) in [5, 5.41) is 2.57. The fraction of sp³-hybridized carbons (Fsp3) is 0.263. The van der Waals surface area contributed by atoms with Gasteiger partial charge in [0.1, 0.15) is 6.10 Å². The van der Waals surface area contributed by atoms with Crippen molar-refractivity contribution in [2.45, 2.75) is 20.0 Å². The van der Waals surface area contributed by atoms with Gasteiger partial charge in [-0.1, -0.05) is 6.07 Å². The topological polar surface area (TPSA) is 58.6 Å². The third-order valence-electron chi connectivity index (χ3n) is 4.35. The highest BCUT2D eigenvalue weighted by Crippen LogP contribution is 2.24. The van der Waals surface area contributed by atoms with Crippen LogP contribution >= 0.6 is 0 Å². The molecule has 2 aromatic rings. The van der Waals surface area contributed by atoms with E-state index in [1.54, 1.807) is 0 Å². The van der Waals surface area contributed by atoms with Gasteiger partial charge >= 0.3 is 6.09 Å². The number of nitrogens with zero attached hydrogens (tertiary/aromatic N) is 1. The van der Waals surface area contributed by atoms with E-state index in [0.29, 0.717) is 6.54 Å². The monoisotopic (exact) mass is 360 g/mol. The summed E-state index contributed by atoms with van der Waals surface area (Å²) in [6, 6.07) is 8.57. The summed E-state index contributed by atoms with van der Waals surface area (Å²) in [6.45, 7) is 4.31. The van der Waals surface area contributed by atoms with Crippen LogP contribution in [0.2, 0.25) is 0 Å². The number of ether oxygens (including phenoxy) is 1. The van der Waals surface area contributed by atoms with Crippen LogP contribution in [0, 0.1) is 25.5 Å². The highest BCUT2D eigenvalue weighted by molar-refractivity contribution is 5.94. The normalized spacial score (nSPS) is 16.5. The van der Waals surface area contributed by atoms with Gasteiger partial charge in [-0.15, -0.1) is 0 Å². The predicted octanol–water partition coefficient (Wildman–Crippen LogP) is 3.34. The van der Waals surface area contributed by atoms with Crippen molar-refractivity contribution in [1.82, 2.24) is 5.32 Å². The molecule has 1 aliphatic heterocycles. The van der Waals surface area contributed by atoms with Crippen molar-refractivity contribution in [2.24, 2.45) is 0 Å².